The molecule has 37 heavy (non-hydrogen) atoms. The van der Waals surface area contributed by atoms with Crippen LogP contribution in [-0.4, -0.2) is 39.2 Å². The second-order valence-corrected chi connectivity index (χ2v) is 8.67. The van der Waals surface area contributed by atoms with E-state index in [2.05, 4.69) is 15.0 Å². The number of carbonyl (C=O) groups excluding carboxylic acids is 1. The minimum atomic E-state index is -5.17. The number of rotatable bonds is 8. The van der Waals surface area contributed by atoms with Crippen molar-refractivity contribution in [2.24, 2.45) is 0 Å². The number of hydrogen-bond donors (Lipinski definition) is 4. The Labute approximate surface area is 213 Å². The highest BCUT2D eigenvalue weighted by atomic mass is 32.2. The molecule has 4 N–H and O–H groups in total. The first-order chi connectivity index (χ1) is 17.6. The van der Waals surface area contributed by atoms with Crippen LogP contribution in [0.25, 0.3) is 11.0 Å². The number of alkyl halides is 3. The highest BCUT2D eigenvalue weighted by Gasteiger charge is 2.57. The summed E-state index contributed by atoms with van der Waals surface area (Å²) in [5.41, 5.74) is -3.62. The minimum Gasteiger partial charge on any atom is -0.372 e. The lowest BCUT2D eigenvalue weighted by atomic mass is 9.84. The van der Waals surface area contributed by atoms with Crippen molar-refractivity contribution in [3.8, 4) is 0 Å². The summed E-state index contributed by atoms with van der Waals surface area (Å²) >= 11 is 1.05. The molecule has 2 aromatic carbocycles. The average Bonchev–Trinajstić information content (AvgIpc) is 3.23. The number of aromatic nitrogens is 2. The van der Waals surface area contributed by atoms with Crippen LogP contribution in [0.4, 0.5) is 28.9 Å². The van der Waals surface area contributed by atoms with Gasteiger partial charge in [0.25, 0.3) is 0 Å². The normalized spacial score (nSPS) is 13.2. The zero-order chi connectivity index (χ0) is 26.8. The lowest BCUT2D eigenvalue weighted by molar-refractivity contribution is -0.247. The monoisotopic (exact) mass is 531 g/mol. The van der Waals surface area contributed by atoms with Gasteiger partial charge < -0.3 is 20.4 Å². The SMILES string of the molecule is CSNC(=O)Cn1cc(C(O)(c2ccc(Nc3ccc(F)cc3)c(C=N)c2)C(F)(F)F)c2cccnc21. The van der Waals surface area contributed by atoms with Crippen LogP contribution in [0.15, 0.2) is 67.0 Å². The summed E-state index contributed by atoms with van der Waals surface area (Å²) < 4.78 is 60.9. The Bertz CT molecular complexity index is 1460. The quantitative estimate of drug-likeness (QED) is 0.144. The summed E-state index contributed by atoms with van der Waals surface area (Å²) in [5.74, 6) is -0.914. The molecule has 0 fully saturated rings. The van der Waals surface area contributed by atoms with Gasteiger partial charge in [-0.25, -0.2) is 9.37 Å². The van der Waals surface area contributed by atoms with Crippen LogP contribution in [0, 0.1) is 11.2 Å². The molecule has 2 heterocycles. The van der Waals surface area contributed by atoms with Crippen LogP contribution in [0.3, 0.4) is 0 Å². The summed E-state index contributed by atoms with van der Waals surface area (Å²) in [4.78, 5) is 16.3. The van der Waals surface area contributed by atoms with E-state index in [9.17, 15) is 27.5 Å². The first kappa shape index (κ1) is 26.2. The van der Waals surface area contributed by atoms with Gasteiger partial charge >= 0.3 is 6.18 Å². The van der Waals surface area contributed by atoms with E-state index in [4.69, 9.17) is 5.41 Å². The molecule has 0 saturated carbocycles. The van der Waals surface area contributed by atoms with E-state index in [1.54, 1.807) is 6.26 Å². The predicted molar refractivity (Wildman–Crippen MR) is 134 cm³/mol. The fourth-order valence-electron chi connectivity index (χ4n) is 4.01. The van der Waals surface area contributed by atoms with Crippen molar-refractivity contribution < 1.29 is 27.5 Å². The standard InChI is InChI=1S/C25H21F4N5O2S/c1-37-33-22(35)14-34-13-20(19-3-2-10-31-23(19)34)24(36,25(27,28)29)16-4-9-21(15(11-16)12-30)32-18-7-5-17(26)6-8-18/h2-13,30,32,36H,14H2,1H3,(H,33,35). The molecule has 2 aromatic heterocycles. The molecule has 0 spiro atoms. The van der Waals surface area contributed by atoms with Crippen LogP contribution in [0.1, 0.15) is 16.7 Å². The van der Waals surface area contributed by atoms with E-state index < -0.39 is 34.6 Å². The third-order valence-corrected chi connectivity index (χ3v) is 6.14. The predicted octanol–water partition coefficient (Wildman–Crippen LogP) is 5.11. The Hall–Kier alpha value is -3.90. The number of halogens is 4. The Morgan fingerprint density at radius 3 is 2.57 bits per heavy atom. The number of amides is 1. The summed E-state index contributed by atoms with van der Waals surface area (Å²) in [5, 5.41) is 22.1. The van der Waals surface area contributed by atoms with Gasteiger partial charge in [-0.1, -0.05) is 18.0 Å². The van der Waals surface area contributed by atoms with Gasteiger partial charge in [0, 0.05) is 52.8 Å². The van der Waals surface area contributed by atoms with Crippen LogP contribution in [0.5, 0.6) is 0 Å². The molecule has 0 radical (unpaired) electrons. The van der Waals surface area contributed by atoms with Gasteiger partial charge in [-0.05, 0) is 54.1 Å². The van der Waals surface area contributed by atoms with Gasteiger partial charge in [0.15, 0.2) is 0 Å². The lowest BCUT2D eigenvalue weighted by Crippen LogP contribution is -2.43. The van der Waals surface area contributed by atoms with Crippen LogP contribution in [-0.2, 0) is 16.9 Å². The number of fused-ring (bicyclic) bond motifs is 1. The molecule has 4 aromatic rings. The van der Waals surface area contributed by atoms with E-state index in [0.717, 1.165) is 36.5 Å². The largest absolute Gasteiger partial charge is 0.425 e. The smallest absolute Gasteiger partial charge is 0.372 e. The molecule has 0 bridgehead atoms. The number of nitrogens with zero attached hydrogens (tertiary/aromatic N) is 2. The molecule has 7 nitrogen and oxygen atoms in total. The Balaban J connectivity index is 1.84. The van der Waals surface area contributed by atoms with Gasteiger partial charge in [0.1, 0.15) is 18.0 Å². The molecule has 0 aliphatic carbocycles. The molecule has 0 aliphatic heterocycles. The zero-order valence-electron chi connectivity index (χ0n) is 19.3. The average molecular weight is 532 g/mol. The molecular formula is C25H21F4N5O2S. The number of aliphatic hydroxyl groups is 1. The van der Waals surface area contributed by atoms with Crippen LogP contribution >= 0.6 is 11.9 Å². The highest BCUT2D eigenvalue weighted by Crippen LogP contribution is 2.47. The van der Waals surface area contributed by atoms with Crippen LogP contribution < -0.4 is 10.0 Å². The molecule has 1 atom stereocenters. The number of nitrogens with one attached hydrogen (secondary N) is 3. The molecule has 4 rings (SSSR count). The lowest BCUT2D eigenvalue weighted by Gasteiger charge is -2.31. The maximum absolute atomic E-state index is 14.6. The number of carbonyl (C=O) groups is 1. The van der Waals surface area contributed by atoms with E-state index in [1.807, 2.05) is 0 Å². The molecule has 1 amide bonds. The molecule has 0 saturated heterocycles. The molecule has 1 unspecified atom stereocenters. The van der Waals surface area contributed by atoms with Crippen molar-refractivity contribution in [2.75, 3.05) is 11.6 Å². The fraction of sp³-hybridized carbons (Fsp3) is 0.160. The molecule has 0 aliphatic rings. The summed E-state index contributed by atoms with van der Waals surface area (Å²) in [6, 6.07) is 11.6. The topological polar surface area (TPSA) is 103 Å². The third kappa shape index (κ3) is 5.02. The van der Waals surface area contributed by atoms with Gasteiger partial charge in [0.05, 0.1) is 0 Å². The van der Waals surface area contributed by atoms with Gasteiger partial charge in [-0.15, -0.1) is 0 Å². The van der Waals surface area contributed by atoms with Crippen molar-refractivity contribution in [1.82, 2.24) is 14.3 Å². The second kappa shape index (κ2) is 10.2. The van der Waals surface area contributed by atoms with Crippen molar-refractivity contribution in [3.63, 3.8) is 0 Å². The summed E-state index contributed by atoms with van der Waals surface area (Å²) in [6.45, 7) is -0.311. The molecule has 192 valence electrons. The zero-order valence-corrected chi connectivity index (χ0v) is 20.1. The Kier molecular flexibility index (Phi) is 7.23. The van der Waals surface area contributed by atoms with Crippen molar-refractivity contribution in [3.05, 3.63) is 89.5 Å². The fourth-order valence-corrected chi connectivity index (χ4v) is 4.31. The first-order valence-corrected chi connectivity index (χ1v) is 12.0. The maximum atomic E-state index is 14.6. The van der Waals surface area contributed by atoms with Crippen molar-refractivity contribution in [1.29, 1.82) is 5.41 Å². The van der Waals surface area contributed by atoms with E-state index in [0.29, 0.717) is 5.69 Å². The highest BCUT2D eigenvalue weighted by molar-refractivity contribution is 7.97. The second-order valence-electron chi connectivity index (χ2n) is 8.06. The first-order valence-electron chi connectivity index (χ1n) is 10.8. The Morgan fingerprint density at radius 1 is 1.19 bits per heavy atom. The van der Waals surface area contributed by atoms with Crippen molar-refractivity contribution >= 4 is 46.5 Å². The van der Waals surface area contributed by atoms with E-state index in [-0.39, 0.29) is 28.8 Å². The number of anilines is 2. The maximum Gasteiger partial charge on any atom is 0.425 e. The summed E-state index contributed by atoms with van der Waals surface area (Å²) in [7, 11) is 0. The molecule has 12 heteroatoms. The summed E-state index contributed by atoms with van der Waals surface area (Å²) in [6.07, 6.45) is -0.240. The van der Waals surface area contributed by atoms with Gasteiger partial charge in [-0.2, -0.15) is 13.2 Å². The van der Waals surface area contributed by atoms with E-state index in [1.165, 1.54) is 53.2 Å². The number of pyridine rings is 1. The molecular weight excluding hydrogens is 510 g/mol. The minimum absolute atomic E-state index is 0.0178. The number of hydrogen-bond acceptors (Lipinski definition) is 6. The van der Waals surface area contributed by atoms with Gasteiger partial charge in [-0.3, -0.25) is 9.52 Å². The number of benzene rings is 2. The van der Waals surface area contributed by atoms with Crippen LogP contribution in [0.2, 0.25) is 0 Å². The van der Waals surface area contributed by atoms with Gasteiger partial charge in [0.2, 0.25) is 11.5 Å². The third-order valence-electron chi connectivity index (χ3n) is 5.71. The Morgan fingerprint density at radius 2 is 1.92 bits per heavy atom. The van der Waals surface area contributed by atoms with E-state index >= 15 is 0 Å². The van der Waals surface area contributed by atoms with Crippen molar-refractivity contribution in [2.45, 2.75) is 18.3 Å².